The summed E-state index contributed by atoms with van der Waals surface area (Å²) in [6.45, 7) is 2.00. The van der Waals surface area contributed by atoms with E-state index in [1.165, 1.54) is 59.1 Å². The Morgan fingerprint density at radius 2 is 1.43 bits per heavy atom. The molecule has 0 unspecified atom stereocenters. The zero-order chi connectivity index (χ0) is 25.1. The highest BCUT2D eigenvalue weighted by Crippen LogP contribution is 2.65. The van der Waals surface area contributed by atoms with Crippen molar-refractivity contribution in [1.29, 1.82) is 0 Å². The van der Waals surface area contributed by atoms with Gasteiger partial charge in [0.15, 0.2) is 0 Å². The number of nitrogens with zero attached hydrogens (tertiary/aromatic N) is 1. The number of sulfonamides is 1. The third-order valence-corrected chi connectivity index (χ3v) is 11.1. The molecule has 4 atom stereocenters. The molecule has 2 aromatic rings. The van der Waals surface area contributed by atoms with Crippen molar-refractivity contribution < 1.29 is 8.42 Å². The Morgan fingerprint density at radius 3 is 2.08 bits per heavy atom. The lowest BCUT2D eigenvalue weighted by Gasteiger charge is -2.36. The molecule has 2 aliphatic heterocycles. The first kappa shape index (κ1) is 23.4. The highest BCUT2D eigenvalue weighted by atomic mass is 32.2. The average molecular weight is 510 g/mol. The van der Waals surface area contributed by atoms with Crippen LogP contribution in [-0.2, 0) is 10.0 Å². The van der Waals surface area contributed by atoms with Crippen LogP contribution in [0.2, 0.25) is 0 Å². The molecule has 1 fully saturated rings. The summed E-state index contributed by atoms with van der Waals surface area (Å²) in [5.41, 5.74) is 9.13. The highest BCUT2D eigenvalue weighted by molar-refractivity contribution is 7.89. The van der Waals surface area contributed by atoms with Crippen LogP contribution in [0.3, 0.4) is 0 Å². The Balaban J connectivity index is 1.41. The average Bonchev–Trinajstić information content (AvgIpc) is 3.47. The molecule has 0 aromatic heterocycles. The molecule has 0 N–H and O–H groups in total. The molecule has 2 aromatic carbocycles. The first-order chi connectivity index (χ1) is 18.0. The van der Waals surface area contributed by atoms with Crippen LogP contribution in [0.1, 0.15) is 80.1 Å². The van der Waals surface area contributed by atoms with Crippen molar-refractivity contribution in [3.63, 3.8) is 0 Å². The molecule has 7 rings (SSSR count). The van der Waals surface area contributed by atoms with Gasteiger partial charge in [-0.2, -0.15) is 4.31 Å². The lowest BCUT2D eigenvalue weighted by Crippen LogP contribution is -2.29. The van der Waals surface area contributed by atoms with Crippen LogP contribution >= 0.6 is 0 Å². The third-order valence-electron chi connectivity index (χ3n) is 9.26. The Morgan fingerprint density at radius 1 is 0.784 bits per heavy atom. The maximum Gasteiger partial charge on any atom is 0.244 e. The number of hydrogen-bond donors (Lipinski definition) is 0. The molecule has 0 spiro atoms. The molecule has 3 nitrogen and oxygen atoms in total. The van der Waals surface area contributed by atoms with Crippen LogP contribution in [-0.4, -0.2) is 12.7 Å². The van der Waals surface area contributed by atoms with E-state index in [4.69, 9.17) is 0 Å². The molecule has 0 radical (unpaired) electrons. The quantitative estimate of drug-likeness (QED) is 0.420. The number of benzene rings is 2. The van der Waals surface area contributed by atoms with E-state index in [1.54, 1.807) is 12.1 Å². The summed E-state index contributed by atoms with van der Waals surface area (Å²) >= 11 is 0. The van der Waals surface area contributed by atoms with Gasteiger partial charge in [-0.05, 0) is 104 Å². The van der Waals surface area contributed by atoms with Crippen molar-refractivity contribution in [3.05, 3.63) is 112 Å². The van der Waals surface area contributed by atoms with Gasteiger partial charge in [-0.15, -0.1) is 0 Å². The fourth-order valence-corrected chi connectivity index (χ4v) is 9.38. The second-order valence-electron chi connectivity index (χ2n) is 11.4. The molecule has 0 saturated carbocycles. The van der Waals surface area contributed by atoms with E-state index >= 15 is 0 Å². The second kappa shape index (κ2) is 8.96. The van der Waals surface area contributed by atoms with Gasteiger partial charge in [-0.25, -0.2) is 8.42 Å². The Kier molecular flexibility index (Phi) is 5.67. The molecule has 2 heterocycles. The van der Waals surface area contributed by atoms with E-state index in [2.05, 4.69) is 48.6 Å². The number of hydrogen-bond acceptors (Lipinski definition) is 2. The van der Waals surface area contributed by atoms with Crippen LogP contribution in [0.25, 0.3) is 0 Å². The summed E-state index contributed by atoms with van der Waals surface area (Å²) in [4.78, 5) is 0.404. The van der Waals surface area contributed by atoms with Crippen LogP contribution in [0.15, 0.2) is 100 Å². The first-order valence-corrected chi connectivity index (χ1v) is 15.5. The van der Waals surface area contributed by atoms with Gasteiger partial charge >= 0.3 is 0 Å². The molecule has 1 saturated heterocycles. The third kappa shape index (κ3) is 3.67. The fraction of sp³-hybridized carbons (Fsp3) is 0.394. The molecule has 0 amide bonds. The minimum absolute atomic E-state index is 0.153. The smallest absolute Gasteiger partial charge is 0.207 e. The van der Waals surface area contributed by atoms with Crippen LogP contribution < -0.4 is 0 Å². The lowest BCUT2D eigenvalue weighted by atomic mass is 9.66. The largest absolute Gasteiger partial charge is 0.244 e. The Bertz CT molecular complexity index is 1470. The van der Waals surface area contributed by atoms with E-state index < -0.39 is 10.0 Å². The van der Waals surface area contributed by atoms with Gasteiger partial charge in [0.2, 0.25) is 10.0 Å². The lowest BCUT2D eigenvalue weighted by molar-refractivity contribution is 0.349. The standard InChI is InChI=1S/C33H35NO2S/c1-22-16-18-26(19-17-22)37(35,36)34-32-27-14-8-9-15-28(27)33(34)31-29(24-12-6-3-7-13-24)20-25(21-30(31)32)23-10-4-2-5-11-23/h8-10,12,14-21,30-33H,2-7,11,13H2,1H3/t30-,31+,32+,33-/m0/s1. The van der Waals surface area contributed by atoms with Crippen molar-refractivity contribution in [3.8, 4) is 0 Å². The topological polar surface area (TPSA) is 37.4 Å². The highest BCUT2D eigenvalue weighted by Gasteiger charge is 2.61. The van der Waals surface area contributed by atoms with Crippen molar-refractivity contribution in [1.82, 2.24) is 4.31 Å². The number of aryl methyl sites for hydroxylation is 1. The molecule has 37 heavy (non-hydrogen) atoms. The van der Waals surface area contributed by atoms with Gasteiger partial charge in [0.25, 0.3) is 0 Å². The van der Waals surface area contributed by atoms with Gasteiger partial charge < -0.3 is 0 Å². The molecule has 2 bridgehead atoms. The molecular formula is C33H35NO2S. The first-order valence-electron chi connectivity index (χ1n) is 14.1. The molecule has 190 valence electrons. The summed E-state index contributed by atoms with van der Waals surface area (Å²) in [5, 5.41) is 0. The summed E-state index contributed by atoms with van der Waals surface area (Å²) in [6.07, 6.45) is 19.3. The van der Waals surface area contributed by atoms with Crippen LogP contribution in [0, 0.1) is 18.8 Å². The fourth-order valence-electron chi connectivity index (χ4n) is 7.56. The van der Waals surface area contributed by atoms with Crippen LogP contribution in [0.5, 0.6) is 0 Å². The SMILES string of the molecule is Cc1ccc(S(=O)(=O)N2[C@@H]3c4ccccc4[C@H]2[C@@H]2C(C4=CCCCC4)=CC(C4=CCCCC4)=C[C@@H]23)cc1. The Labute approximate surface area is 221 Å². The normalized spacial score (nSPS) is 29.1. The van der Waals surface area contributed by atoms with Gasteiger partial charge in [0.05, 0.1) is 17.0 Å². The van der Waals surface area contributed by atoms with Crippen molar-refractivity contribution in [2.24, 2.45) is 11.8 Å². The van der Waals surface area contributed by atoms with Crippen LogP contribution in [0.4, 0.5) is 0 Å². The number of rotatable bonds is 4. The van der Waals surface area contributed by atoms with Crippen molar-refractivity contribution in [2.75, 3.05) is 0 Å². The molecule has 3 aliphatic carbocycles. The van der Waals surface area contributed by atoms with Gasteiger partial charge in [0, 0.05) is 11.8 Å². The molecular weight excluding hydrogens is 474 g/mol. The maximum absolute atomic E-state index is 14.3. The van der Waals surface area contributed by atoms with Crippen molar-refractivity contribution >= 4 is 10.0 Å². The summed E-state index contributed by atoms with van der Waals surface area (Å²) in [5.74, 6) is 0.318. The van der Waals surface area contributed by atoms with E-state index in [1.807, 2.05) is 23.4 Å². The van der Waals surface area contributed by atoms with Gasteiger partial charge in [-0.3, -0.25) is 0 Å². The summed E-state index contributed by atoms with van der Waals surface area (Å²) in [7, 11) is -3.67. The Hall–Kier alpha value is -2.69. The van der Waals surface area contributed by atoms with E-state index in [0.29, 0.717) is 4.90 Å². The number of allylic oxidation sites excluding steroid dienone is 6. The second-order valence-corrected chi connectivity index (χ2v) is 13.3. The minimum atomic E-state index is -3.67. The zero-order valence-electron chi connectivity index (χ0n) is 21.6. The molecule has 4 heteroatoms. The predicted octanol–water partition coefficient (Wildman–Crippen LogP) is 7.89. The van der Waals surface area contributed by atoms with Gasteiger partial charge in [-0.1, -0.05) is 66.3 Å². The summed E-state index contributed by atoms with van der Waals surface area (Å²) < 4.78 is 30.6. The minimum Gasteiger partial charge on any atom is -0.207 e. The van der Waals surface area contributed by atoms with E-state index in [-0.39, 0.29) is 23.9 Å². The monoisotopic (exact) mass is 509 g/mol. The van der Waals surface area contributed by atoms with E-state index in [0.717, 1.165) is 31.2 Å². The maximum atomic E-state index is 14.3. The molecule has 5 aliphatic rings. The van der Waals surface area contributed by atoms with Crippen molar-refractivity contribution in [2.45, 2.75) is 75.3 Å². The summed E-state index contributed by atoms with van der Waals surface area (Å²) in [6, 6.07) is 15.6. The van der Waals surface area contributed by atoms with E-state index in [9.17, 15) is 8.42 Å². The number of fused-ring (bicyclic) bond motifs is 8. The van der Waals surface area contributed by atoms with Gasteiger partial charge in [0.1, 0.15) is 0 Å². The zero-order valence-corrected chi connectivity index (χ0v) is 22.4. The predicted molar refractivity (Wildman–Crippen MR) is 148 cm³/mol.